The second kappa shape index (κ2) is 5.82. The molecule has 4 heteroatoms. The number of aryl methyl sites for hydroxylation is 1. The summed E-state index contributed by atoms with van der Waals surface area (Å²) in [5.41, 5.74) is 4.47. The van der Waals surface area contributed by atoms with E-state index in [1.54, 1.807) is 0 Å². The van der Waals surface area contributed by atoms with Gasteiger partial charge in [-0.05, 0) is 31.2 Å². The first-order valence-electron chi connectivity index (χ1n) is 7.25. The lowest BCUT2D eigenvalue weighted by molar-refractivity contribution is 0.554. The quantitative estimate of drug-likeness (QED) is 0.915. The number of rotatable bonds is 3. The van der Waals surface area contributed by atoms with E-state index in [4.69, 9.17) is 11.6 Å². The third-order valence-corrected chi connectivity index (χ3v) is 4.08. The molecular formula is C17H24ClN3. The van der Waals surface area contributed by atoms with E-state index < -0.39 is 0 Å². The molecule has 0 spiro atoms. The van der Waals surface area contributed by atoms with Crippen LogP contribution in [0.25, 0.3) is 11.1 Å². The molecule has 0 radical (unpaired) electrons. The fourth-order valence-corrected chi connectivity index (χ4v) is 2.80. The highest BCUT2D eigenvalue weighted by Crippen LogP contribution is 2.34. The summed E-state index contributed by atoms with van der Waals surface area (Å²) in [4.78, 5) is 0. The third-order valence-electron chi connectivity index (χ3n) is 3.75. The predicted octanol–water partition coefficient (Wildman–Crippen LogP) is 4.32. The Hall–Kier alpha value is -1.32. The molecule has 0 aliphatic heterocycles. The van der Waals surface area contributed by atoms with Crippen molar-refractivity contribution in [2.24, 2.45) is 7.05 Å². The molecule has 0 bridgehead atoms. The average molecular weight is 306 g/mol. The molecule has 114 valence electrons. The minimum atomic E-state index is 0.00000665. The zero-order chi connectivity index (χ0) is 15.8. The summed E-state index contributed by atoms with van der Waals surface area (Å²) < 4.78 is 1.87. The van der Waals surface area contributed by atoms with Gasteiger partial charge in [0.2, 0.25) is 0 Å². The van der Waals surface area contributed by atoms with Gasteiger partial charge in [0.1, 0.15) is 0 Å². The summed E-state index contributed by atoms with van der Waals surface area (Å²) in [6.45, 7) is 8.64. The molecule has 0 aliphatic rings. The zero-order valence-electron chi connectivity index (χ0n) is 13.7. The van der Waals surface area contributed by atoms with Crippen molar-refractivity contribution in [2.45, 2.75) is 39.2 Å². The van der Waals surface area contributed by atoms with Crippen molar-refractivity contribution < 1.29 is 0 Å². The molecule has 1 aromatic carbocycles. The molecule has 1 unspecified atom stereocenters. The molecule has 1 atom stereocenters. The van der Waals surface area contributed by atoms with Crippen molar-refractivity contribution in [1.82, 2.24) is 15.1 Å². The topological polar surface area (TPSA) is 29.9 Å². The van der Waals surface area contributed by atoms with Crippen LogP contribution in [0.2, 0.25) is 5.02 Å². The van der Waals surface area contributed by atoms with Crippen LogP contribution in [0.4, 0.5) is 0 Å². The SMILES string of the molecule is CNC(C)c1ccc(-c2cn(C)nc2C(C)(C)C)cc1Cl. The molecule has 0 amide bonds. The first-order chi connectivity index (χ1) is 9.74. The van der Waals surface area contributed by atoms with Crippen LogP contribution in [-0.2, 0) is 12.5 Å². The van der Waals surface area contributed by atoms with Gasteiger partial charge in [-0.2, -0.15) is 5.10 Å². The number of hydrogen-bond acceptors (Lipinski definition) is 2. The molecule has 3 nitrogen and oxygen atoms in total. The van der Waals surface area contributed by atoms with Crippen molar-refractivity contribution in [2.75, 3.05) is 7.05 Å². The second-order valence-corrected chi connectivity index (χ2v) is 6.97. The third kappa shape index (κ3) is 3.30. The average Bonchev–Trinajstić information content (AvgIpc) is 2.80. The van der Waals surface area contributed by atoms with Gasteiger partial charge >= 0.3 is 0 Å². The summed E-state index contributed by atoms with van der Waals surface area (Å²) in [5, 5.41) is 8.63. The van der Waals surface area contributed by atoms with Gasteiger partial charge in [0, 0.05) is 35.3 Å². The van der Waals surface area contributed by atoms with E-state index in [9.17, 15) is 0 Å². The minimum absolute atomic E-state index is 0.00000665. The van der Waals surface area contributed by atoms with Crippen LogP contribution in [0.3, 0.4) is 0 Å². The predicted molar refractivity (Wildman–Crippen MR) is 89.8 cm³/mol. The van der Waals surface area contributed by atoms with E-state index in [0.717, 1.165) is 27.4 Å². The Morgan fingerprint density at radius 2 is 1.95 bits per heavy atom. The van der Waals surface area contributed by atoms with Crippen LogP contribution in [0.1, 0.15) is 45.0 Å². The molecule has 2 aromatic rings. The van der Waals surface area contributed by atoms with Crippen molar-refractivity contribution >= 4 is 11.6 Å². The van der Waals surface area contributed by atoms with E-state index in [-0.39, 0.29) is 11.5 Å². The van der Waals surface area contributed by atoms with Gasteiger partial charge in [0.05, 0.1) is 5.69 Å². The van der Waals surface area contributed by atoms with Crippen molar-refractivity contribution in [3.05, 3.63) is 40.7 Å². The lowest BCUT2D eigenvalue weighted by Gasteiger charge is -2.18. The zero-order valence-corrected chi connectivity index (χ0v) is 14.4. The van der Waals surface area contributed by atoms with E-state index in [2.05, 4.69) is 56.4 Å². The number of benzene rings is 1. The number of hydrogen-bond donors (Lipinski definition) is 1. The standard InChI is InChI=1S/C17H24ClN3/c1-11(19-5)13-8-7-12(9-15(13)18)14-10-21(6)20-16(14)17(2,3)4/h7-11,19H,1-6H3. The van der Waals surface area contributed by atoms with Gasteiger partial charge in [-0.25, -0.2) is 0 Å². The highest BCUT2D eigenvalue weighted by molar-refractivity contribution is 6.31. The first-order valence-corrected chi connectivity index (χ1v) is 7.63. The van der Waals surface area contributed by atoms with Crippen LogP contribution < -0.4 is 5.32 Å². The van der Waals surface area contributed by atoms with Crippen molar-refractivity contribution in [3.63, 3.8) is 0 Å². The molecule has 2 rings (SSSR count). The maximum Gasteiger partial charge on any atom is 0.0756 e. The van der Waals surface area contributed by atoms with Gasteiger partial charge < -0.3 is 5.32 Å². The lowest BCUT2D eigenvalue weighted by Crippen LogP contribution is -2.14. The smallest absolute Gasteiger partial charge is 0.0756 e. The molecule has 21 heavy (non-hydrogen) atoms. The van der Waals surface area contributed by atoms with E-state index in [0.29, 0.717) is 0 Å². The Morgan fingerprint density at radius 1 is 1.29 bits per heavy atom. The maximum absolute atomic E-state index is 6.46. The van der Waals surface area contributed by atoms with Crippen molar-refractivity contribution in [3.8, 4) is 11.1 Å². The van der Waals surface area contributed by atoms with Gasteiger partial charge in [-0.15, -0.1) is 0 Å². The van der Waals surface area contributed by atoms with Gasteiger partial charge in [-0.1, -0.05) is 44.5 Å². The fraction of sp³-hybridized carbons (Fsp3) is 0.471. The van der Waals surface area contributed by atoms with Gasteiger partial charge in [0.25, 0.3) is 0 Å². The highest BCUT2D eigenvalue weighted by atomic mass is 35.5. The Balaban J connectivity index is 2.51. The molecule has 1 heterocycles. The minimum Gasteiger partial charge on any atom is -0.313 e. The van der Waals surface area contributed by atoms with E-state index in [1.165, 1.54) is 0 Å². The lowest BCUT2D eigenvalue weighted by atomic mass is 9.87. The largest absolute Gasteiger partial charge is 0.313 e. The fourth-order valence-electron chi connectivity index (χ4n) is 2.46. The van der Waals surface area contributed by atoms with Crippen LogP contribution in [0, 0.1) is 0 Å². The van der Waals surface area contributed by atoms with Crippen LogP contribution in [-0.4, -0.2) is 16.8 Å². The van der Waals surface area contributed by atoms with Gasteiger partial charge in [0.15, 0.2) is 0 Å². The van der Waals surface area contributed by atoms with Crippen LogP contribution in [0.5, 0.6) is 0 Å². The Bertz CT molecular complexity index is 638. The number of nitrogens with zero attached hydrogens (tertiary/aromatic N) is 2. The van der Waals surface area contributed by atoms with Gasteiger partial charge in [-0.3, -0.25) is 4.68 Å². The number of aromatic nitrogens is 2. The number of halogens is 1. The maximum atomic E-state index is 6.46. The molecule has 0 saturated carbocycles. The first kappa shape index (κ1) is 16.1. The van der Waals surface area contributed by atoms with E-state index in [1.807, 2.05) is 24.8 Å². The Labute approximate surface area is 132 Å². The molecular weight excluding hydrogens is 282 g/mol. The Kier molecular flexibility index (Phi) is 4.45. The molecule has 0 aliphatic carbocycles. The highest BCUT2D eigenvalue weighted by Gasteiger charge is 2.23. The monoisotopic (exact) mass is 305 g/mol. The summed E-state index contributed by atoms with van der Waals surface area (Å²) in [7, 11) is 3.89. The van der Waals surface area contributed by atoms with E-state index >= 15 is 0 Å². The molecule has 0 saturated heterocycles. The van der Waals surface area contributed by atoms with Crippen LogP contribution >= 0.6 is 11.6 Å². The normalized spacial score (nSPS) is 13.5. The second-order valence-electron chi connectivity index (χ2n) is 6.56. The summed E-state index contributed by atoms with van der Waals surface area (Å²) in [6, 6.07) is 6.50. The summed E-state index contributed by atoms with van der Waals surface area (Å²) >= 11 is 6.46. The van der Waals surface area contributed by atoms with Crippen molar-refractivity contribution in [1.29, 1.82) is 0 Å². The molecule has 1 N–H and O–H groups in total. The number of nitrogens with one attached hydrogen (secondary N) is 1. The Morgan fingerprint density at radius 3 is 2.48 bits per heavy atom. The van der Waals surface area contributed by atoms with Crippen LogP contribution in [0.15, 0.2) is 24.4 Å². The molecule has 1 aromatic heterocycles. The molecule has 0 fully saturated rings. The summed E-state index contributed by atoms with van der Waals surface area (Å²) in [5.74, 6) is 0. The summed E-state index contributed by atoms with van der Waals surface area (Å²) in [6.07, 6.45) is 2.06.